The van der Waals surface area contributed by atoms with Crippen molar-refractivity contribution in [2.75, 3.05) is 28.2 Å². The average Bonchev–Trinajstić information content (AvgIpc) is 2.97. The van der Waals surface area contributed by atoms with E-state index in [-0.39, 0.29) is 22.8 Å². The molecule has 14 heteroatoms. The van der Waals surface area contributed by atoms with Crippen molar-refractivity contribution in [1.29, 1.82) is 0 Å². The van der Waals surface area contributed by atoms with E-state index in [1.807, 2.05) is 0 Å². The third kappa shape index (κ3) is 6.48. The van der Waals surface area contributed by atoms with Crippen LogP contribution in [0.2, 0.25) is 10.0 Å². The number of benzene rings is 3. The molecule has 12 nitrogen and oxygen atoms in total. The van der Waals surface area contributed by atoms with Crippen molar-refractivity contribution in [2.45, 2.75) is 12.2 Å². The van der Waals surface area contributed by atoms with Gasteiger partial charge in [0.1, 0.15) is 23.6 Å². The van der Waals surface area contributed by atoms with Gasteiger partial charge in [0, 0.05) is 38.2 Å². The normalized spacial score (nSPS) is 13.7. The molecule has 0 saturated carbocycles. The maximum Gasteiger partial charge on any atom is 0.276 e. The number of hydrazone groups is 2. The van der Waals surface area contributed by atoms with Gasteiger partial charge in [-0.05, 0) is 47.5 Å². The molecule has 0 amide bonds. The molecule has 2 atom stereocenters. The van der Waals surface area contributed by atoms with Gasteiger partial charge in [-0.2, -0.15) is 10.2 Å². The Labute approximate surface area is 260 Å². The number of hydrogen-bond donors (Lipinski definition) is 4. The lowest BCUT2D eigenvalue weighted by Crippen LogP contribution is -2.28. The van der Waals surface area contributed by atoms with Crippen LogP contribution in [-0.2, 0) is 0 Å². The quantitative estimate of drug-likeness (QED) is 0.149. The van der Waals surface area contributed by atoms with Crippen LogP contribution in [-0.4, -0.2) is 79.8 Å². The van der Waals surface area contributed by atoms with Crippen LogP contribution in [0.3, 0.4) is 0 Å². The van der Waals surface area contributed by atoms with Crippen LogP contribution >= 0.6 is 23.2 Å². The molecule has 3 aromatic carbocycles. The molecule has 0 aliphatic carbocycles. The fourth-order valence-electron chi connectivity index (χ4n) is 4.53. The van der Waals surface area contributed by atoms with E-state index in [9.17, 15) is 19.8 Å². The Hall–Kier alpha value is -4.62. The second kappa shape index (κ2) is 12.5. The number of halogens is 2. The van der Waals surface area contributed by atoms with Gasteiger partial charge in [0.2, 0.25) is 0 Å². The number of hydrogen-bond acceptors (Lipinski definition) is 10. The van der Waals surface area contributed by atoms with Crippen LogP contribution in [0.1, 0.15) is 34.7 Å². The highest BCUT2D eigenvalue weighted by Crippen LogP contribution is 2.24. The third-order valence-corrected chi connectivity index (χ3v) is 6.97. The molecule has 0 aliphatic heterocycles. The monoisotopic (exact) mass is 634 g/mol. The van der Waals surface area contributed by atoms with Gasteiger partial charge in [0.05, 0.1) is 22.1 Å². The smallest absolute Gasteiger partial charge is 0.276 e. The van der Waals surface area contributed by atoms with E-state index >= 15 is 0 Å². The molecule has 0 fully saturated rings. The standard InChI is InChI=1S/C30H28Cl2N8O4/c1-39(2)37-23(25-29(43)35-21-13-17(31)9-11-19(21)33-25)27(41)15-5-7-16(8-6-15)28(42)24(38-40(3)4)26-30(44)36-22-14-18(32)10-12-20(22)34-26/h5-14,27-28,41-42H,1-4H3,(H,35,43)(H,36,44)/b37-23-,38-24+/t27-,28+/m0/s1. The molecule has 4 N–H and O–H groups in total. The largest absolute Gasteiger partial charge is 0.382 e. The summed E-state index contributed by atoms with van der Waals surface area (Å²) in [4.78, 5) is 40.4. The van der Waals surface area contributed by atoms with Crippen molar-refractivity contribution < 1.29 is 10.2 Å². The summed E-state index contributed by atoms with van der Waals surface area (Å²) >= 11 is 12.1. The van der Waals surface area contributed by atoms with Crippen molar-refractivity contribution in [3.05, 3.63) is 114 Å². The van der Waals surface area contributed by atoms with Crippen LogP contribution in [0.15, 0.2) is 80.5 Å². The van der Waals surface area contributed by atoms with E-state index in [1.54, 1.807) is 88.9 Å². The van der Waals surface area contributed by atoms with Crippen molar-refractivity contribution in [1.82, 2.24) is 30.0 Å². The van der Waals surface area contributed by atoms with E-state index in [4.69, 9.17) is 23.2 Å². The lowest BCUT2D eigenvalue weighted by molar-refractivity contribution is 0.240. The molecule has 5 rings (SSSR count). The molecule has 0 radical (unpaired) electrons. The predicted octanol–water partition coefficient (Wildman–Crippen LogP) is 3.47. The zero-order valence-electron chi connectivity index (χ0n) is 24.1. The highest BCUT2D eigenvalue weighted by Gasteiger charge is 2.26. The number of fused-ring (bicyclic) bond motifs is 2. The van der Waals surface area contributed by atoms with Crippen LogP contribution in [0.4, 0.5) is 0 Å². The predicted molar refractivity (Wildman–Crippen MR) is 172 cm³/mol. The first-order chi connectivity index (χ1) is 20.9. The van der Waals surface area contributed by atoms with Gasteiger partial charge >= 0.3 is 0 Å². The molecular formula is C30H28Cl2N8O4. The van der Waals surface area contributed by atoms with Crippen molar-refractivity contribution >= 4 is 56.7 Å². The lowest BCUT2D eigenvalue weighted by atomic mass is 9.97. The van der Waals surface area contributed by atoms with Crippen LogP contribution in [0.25, 0.3) is 22.1 Å². The number of nitrogens with zero attached hydrogens (tertiary/aromatic N) is 6. The lowest BCUT2D eigenvalue weighted by Gasteiger charge is -2.19. The molecule has 5 aromatic rings. The summed E-state index contributed by atoms with van der Waals surface area (Å²) < 4.78 is 0. The Kier molecular flexibility index (Phi) is 8.79. The summed E-state index contributed by atoms with van der Waals surface area (Å²) in [5.74, 6) is 0. The van der Waals surface area contributed by atoms with E-state index < -0.39 is 23.3 Å². The number of aliphatic hydroxyl groups is 2. The van der Waals surface area contributed by atoms with Crippen molar-refractivity contribution in [2.24, 2.45) is 10.2 Å². The van der Waals surface area contributed by atoms with E-state index in [0.29, 0.717) is 43.2 Å². The Morgan fingerprint density at radius 3 is 1.39 bits per heavy atom. The fourth-order valence-corrected chi connectivity index (χ4v) is 4.88. The highest BCUT2D eigenvalue weighted by molar-refractivity contribution is 6.31. The van der Waals surface area contributed by atoms with Gasteiger partial charge in [0.25, 0.3) is 11.1 Å². The fraction of sp³-hybridized carbons (Fsp3) is 0.200. The van der Waals surface area contributed by atoms with Crippen molar-refractivity contribution in [3.63, 3.8) is 0 Å². The van der Waals surface area contributed by atoms with Gasteiger partial charge in [0.15, 0.2) is 11.4 Å². The Morgan fingerprint density at radius 1 is 0.682 bits per heavy atom. The minimum absolute atomic E-state index is 0.0169. The summed E-state index contributed by atoms with van der Waals surface area (Å²) in [5.41, 5.74) is 1.39. The van der Waals surface area contributed by atoms with Gasteiger partial charge in [-0.3, -0.25) is 9.59 Å². The molecule has 0 spiro atoms. The second-order valence-electron chi connectivity index (χ2n) is 10.3. The van der Waals surface area contributed by atoms with E-state index in [0.717, 1.165) is 0 Å². The van der Waals surface area contributed by atoms with Crippen molar-refractivity contribution in [3.8, 4) is 0 Å². The minimum Gasteiger partial charge on any atom is -0.382 e. The molecule has 226 valence electrons. The van der Waals surface area contributed by atoms with E-state index in [2.05, 4.69) is 30.1 Å². The van der Waals surface area contributed by atoms with Crippen LogP contribution in [0.5, 0.6) is 0 Å². The van der Waals surface area contributed by atoms with Gasteiger partial charge in [-0.15, -0.1) is 0 Å². The second-order valence-corrected chi connectivity index (χ2v) is 11.2. The zero-order chi connectivity index (χ0) is 31.7. The summed E-state index contributed by atoms with van der Waals surface area (Å²) in [6.07, 6.45) is -2.71. The Bertz CT molecular complexity index is 1890. The average molecular weight is 636 g/mol. The Balaban J connectivity index is 1.50. The number of aromatic nitrogens is 4. The number of aliphatic hydroxyl groups excluding tert-OH is 2. The summed E-state index contributed by atoms with van der Waals surface area (Å²) in [6, 6.07) is 16.1. The minimum atomic E-state index is -1.35. The maximum absolute atomic E-state index is 13.0. The van der Waals surface area contributed by atoms with Gasteiger partial charge < -0.3 is 30.2 Å². The third-order valence-electron chi connectivity index (χ3n) is 6.49. The summed E-state index contributed by atoms with van der Waals surface area (Å²) in [6.45, 7) is 0. The molecule has 2 aromatic heterocycles. The molecule has 0 saturated heterocycles. The number of nitrogens with one attached hydrogen (secondary N) is 2. The zero-order valence-corrected chi connectivity index (χ0v) is 25.6. The van der Waals surface area contributed by atoms with Gasteiger partial charge in [-0.25, -0.2) is 9.97 Å². The molecule has 2 heterocycles. The number of H-pyrrole nitrogens is 2. The maximum atomic E-state index is 13.0. The molecular weight excluding hydrogens is 607 g/mol. The first kappa shape index (κ1) is 30.8. The highest BCUT2D eigenvalue weighted by atomic mass is 35.5. The van der Waals surface area contributed by atoms with Crippen LogP contribution in [0, 0.1) is 0 Å². The Morgan fingerprint density at radius 2 is 1.05 bits per heavy atom. The first-order valence-electron chi connectivity index (χ1n) is 13.3. The molecule has 0 aliphatic rings. The van der Waals surface area contributed by atoms with Gasteiger partial charge in [-0.1, -0.05) is 47.5 Å². The topological polar surface area (TPSA) is 163 Å². The first-order valence-corrected chi connectivity index (χ1v) is 14.0. The molecule has 44 heavy (non-hydrogen) atoms. The number of aromatic amines is 2. The summed E-state index contributed by atoms with van der Waals surface area (Å²) in [7, 11) is 6.63. The van der Waals surface area contributed by atoms with Crippen LogP contribution < -0.4 is 11.1 Å². The summed E-state index contributed by atoms with van der Waals surface area (Å²) in [5, 5.41) is 35.3. The number of rotatable bonds is 8. The van der Waals surface area contributed by atoms with E-state index in [1.165, 1.54) is 10.0 Å². The molecule has 0 bridgehead atoms. The molecule has 0 unspecified atom stereocenters. The SMILES string of the molecule is CN(C)/N=C(/c1nc2ccc(Cl)cc2[nH]c1=O)[C@@H](O)c1ccc([C@@H](O)/C(=N/N(C)C)c2nc3ccc(Cl)cc3[nH]c2=O)cc1.